The van der Waals surface area contributed by atoms with Crippen molar-refractivity contribution in [3.8, 4) is 5.75 Å². The lowest BCUT2D eigenvalue weighted by molar-refractivity contribution is 0.102. The van der Waals surface area contributed by atoms with Crippen molar-refractivity contribution in [2.45, 2.75) is 39.7 Å². The number of carbonyl (C=O) groups is 1. The lowest BCUT2D eigenvalue weighted by atomic mass is 10.1. The summed E-state index contributed by atoms with van der Waals surface area (Å²) in [6, 6.07) is 14.6. The molecule has 2 aromatic rings. The van der Waals surface area contributed by atoms with E-state index < -0.39 is 0 Å². The van der Waals surface area contributed by atoms with Gasteiger partial charge in [-0.25, -0.2) is 0 Å². The van der Waals surface area contributed by atoms with Gasteiger partial charge in [-0.2, -0.15) is 0 Å². The molecule has 5 heteroatoms. The van der Waals surface area contributed by atoms with Crippen LogP contribution < -0.4 is 15.8 Å². The Bertz CT molecular complexity index is 815. The Hall–Kier alpha value is -2.53. The molecule has 0 spiro atoms. The number of nitrogen functional groups attached to an aromatic ring is 1. The summed E-state index contributed by atoms with van der Waals surface area (Å²) in [6.45, 7) is 5.66. The zero-order valence-corrected chi connectivity index (χ0v) is 15.8. The van der Waals surface area contributed by atoms with Crippen molar-refractivity contribution in [1.29, 1.82) is 0 Å². The second-order valence-corrected chi connectivity index (χ2v) is 8.14. The number of hydrogen-bond donors (Lipinski definition) is 2. The minimum Gasteiger partial charge on any atom is -0.489 e. The Morgan fingerprint density at radius 1 is 1.21 bits per heavy atom. The van der Waals surface area contributed by atoms with Gasteiger partial charge < -0.3 is 15.8 Å². The number of carbonyl (C=O) groups excluding carboxylic acids is 1. The van der Waals surface area contributed by atoms with Crippen molar-refractivity contribution in [3.63, 3.8) is 0 Å². The topological polar surface area (TPSA) is 67.6 Å². The summed E-state index contributed by atoms with van der Waals surface area (Å²) in [5, 5.41) is 2.84. The second-order valence-electron chi connectivity index (χ2n) is 8.14. The predicted molar refractivity (Wildman–Crippen MR) is 115 cm³/mol. The van der Waals surface area contributed by atoms with Gasteiger partial charge in [-0.3, -0.25) is 9.69 Å². The van der Waals surface area contributed by atoms with Gasteiger partial charge in [-0.1, -0.05) is 26.5 Å². The molecule has 0 aromatic heterocycles. The summed E-state index contributed by atoms with van der Waals surface area (Å²) < 4.78 is 6.12. The van der Waals surface area contributed by atoms with E-state index in [2.05, 4.69) is 17.1 Å². The third-order valence-corrected chi connectivity index (χ3v) is 5.57. The number of anilines is 2. The number of amides is 1. The second kappa shape index (κ2) is 8.23. The van der Waals surface area contributed by atoms with E-state index in [1.807, 2.05) is 24.3 Å². The van der Waals surface area contributed by atoms with Crippen LogP contribution in [0.4, 0.5) is 11.4 Å². The summed E-state index contributed by atoms with van der Waals surface area (Å²) in [7, 11) is 0. The third-order valence-electron chi connectivity index (χ3n) is 5.57. The molecule has 4 rings (SSSR count). The van der Waals surface area contributed by atoms with Gasteiger partial charge in [0.15, 0.2) is 0 Å². The maximum absolute atomic E-state index is 12.4. The lowest BCUT2D eigenvalue weighted by Gasteiger charge is -2.20. The van der Waals surface area contributed by atoms with Gasteiger partial charge in [0.1, 0.15) is 11.9 Å². The van der Waals surface area contributed by atoms with E-state index in [0.29, 0.717) is 22.4 Å². The molecule has 0 radical (unpaired) electrons. The molecule has 2 fully saturated rings. The quantitative estimate of drug-likeness (QED) is 0.727. The maximum atomic E-state index is 12.4. The van der Waals surface area contributed by atoms with Crippen molar-refractivity contribution < 1.29 is 9.53 Å². The average Bonchev–Trinajstić information content (AvgIpc) is 3.22. The van der Waals surface area contributed by atoms with E-state index in [1.165, 1.54) is 19.4 Å². The van der Waals surface area contributed by atoms with Gasteiger partial charge in [0.05, 0.1) is 11.4 Å². The van der Waals surface area contributed by atoms with Gasteiger partial charge >= 0.3 is 0 Å². The van der Waals surface area contributed by atoms with Crippen LogP contribution in [0.1, 0.15) is 44.0 Å². The van der Waals surface area contributed by atoms with Crippen LogP contribution in [0.3, 0.4) is 0 Å². The van der Waals surface area contributed by atoms with Crippen LogP contribution in [0, 0.1) is 5.41 Å². The highest BCUT2D eigenvalue weighted by Gasteiger charge is 2.40. The molecule has 1 aliphatic heterocycles. The number of nitrogens with zero attached hydrogens (tertiary/aromatic N) is 1. The van der Waals surface area contributed by atoms with Crippen molar-refractivity contribution in [1.82, 2.24) is 4.90 Å². The molecule has 0 unspecified atom stereocenters. The molecule has 1 aliphatic carbocycles. The number of nitrogens with one attached hydrogen (secondary N) is 1. The Balaban J connectivity index is 0.00000225. The molecule has 1 saturated heterocycles. The highest BCUT2D eigenvalue weighted by atomic mass is 16.5. The molecular weight excluding hydrogens is 350 g/mol. The average molecular weight is 382 g/mol. The van der Waals surface area contributed by atoms with Crippen LogP contribution in [-0.4, -0.2) is 36.5 Å². The predicted octanol–water partition coefficient (Wildman–Crippen LogP) is 4.41. The summed E-state index contributed by atoms with van der Waals surface area (Å²) in [5.41, 5.74) is 8.18. The monoisotopic (exact) mass is 381 g/mol. The normalized spacial score (nSPS) is 20.2. The van der Waals surface area contributed by atoms with Crippen LogP contribution in [0.2, 0.25) is 0 Å². The van der Waals surface area contributed by atoms with Crippen LogP contribution in [0.15, 0.2) is 48.5 Å². The van der Waals surface area contributed by atoms with Gasteiger partial charge in [-0.05, 0) is 61.1 Å². The van der Waals surface area contributed by atoms with E-state index in [9.17, 15) is 4.79 Å². The molecule has 2 aliphatic rings. The number of hydrogen-bond acceptors (Lipinski definition) is 4. The highest BCUT2D eigenvalue weighted by molar-refractivity contribution is 6.05. The third kappa shape index (κ3) is 4.84. The Kier molecular flexibility index (Phi) is 5.94. The van der Waals surface area contributed by atoms with Gasteiger partial charge in [0.25, 0.3) is 5.91 Å². The number of likely N-dealkylation sites (tertiary alicyclic amines) is 1. The molecule has 5 nitrogen and oxygen atoms in total. The standard InChI is InChI=1S/C22H27N3O2.CH4/c1-22(11-12-22)15-25-13-10-18(14-25)27-17-8-6-16(7-9-17)21(26)24-20-5-3-2-4-19(20)23;/h2-9,18H,10-15,23H2,1H3,(H,24,26);1H4/t18-;/m0./s1. The highest BCUT2D eigenvalue weighted by Crippen LogP contribution is 2.45. The fourth-order valence-electron chi connectivity index (χ4n) is 3.63. The van der Waals surface area contributed by atoms with E-state index in [4.69, 9.17) is 10.5 Å². The first-order chi connectivity index (χ1) is 13.0. The SMILES string of the molecule is C.CC1(CN2CC[C@H](Oc3ccc(C(=O)Nc4ccccc4N)cc3)C2)CC1. The van der Waals surface area contributed by atoms with E-state index >= 15 is 0 Å². The zero-order valence-electron chi connectivity index (χ0n) is 15.8. The Morgan fingerprint density at radius 2 is 1.93 bits per heavy atom. The van der Waals surface area contributed by atoms with Crippen LogP contribution in [0.25, 0.3) is 0 Å². The van der Waals surface area contributed by atoms with Gasteiger partial charge in [0, 0.05) is 25.2 Å². The maximum Gasteiger partial charge on any atom is 0.255 e. The lowest BCUT2D eigenvalue weighted by Crippen LogP contribution is -2.29. The summed E-state index contributed by atoms with van der Waals surface area (Å²) in [6.07, 6.45) is 4.00. The van der Waals surface area contributed by atoms with Crippen LogP contribution in [-0.2, 0) is 0 Å². The first-order valence-electron chi connectivity index (χ1n) is 9.66. The summed E-state index contributed by atoms with van der Waals surface area (Å²) in [5.74, 6) is 0.638. The molecule has 1 saturated carbocycles. The Labute approximate surface area is 167 Å². The van der Waals surface area contributed by atoms with Crippen molar-refractivity contribution in [3.05, 3.63) is 54.1 Å². The van der Waals surface area contributed by atoms with E-state index in [-0.39, 0.29) is 19.4 Å². The molecule has 0 bridgehead atoms. The fourth-order valence-corrected chi connectivity index (χ4v) is 3.63. The van der Waals surface area contributed by atoms with Crippen molar-refractivity contribution in [2.75, 3.05) is 30.7 Å². The van der Waals surface area contributed by atoms with Gasteiger partial charge in [-0.15, -0.1) is 0 Å². The number of rotatable bonds is 6. The molecule has 1 heterocycles. The molecule has 1 atom stereocenters. The van der Waals surface area contributed by atoms with Crippen molar-refractivity contribution >= 4 is 17.3 Å². The van der Waals surface area contributed by atoms with E-state index in [1.54, 1.807) is 24.3 Å². The molecule has 28 heavy (non-hydrogen) atoms. The molecule has 2 aromatic carbocycles. The number of ether oxygens (including phenoxy) is 1. The van der Waals surface area contributed by atoms with Crippen LogP contribution >= 0.6 is 0 Å². The van der Waals surface area contributed by atoms with Crippen molar-refractivity contribution in [2.24, 2.45) is 5.41 Å². The van der Waals surface area contributed by atoms with Crippen LogP contribution in [0.5, 0.6) is 5.75 Å². The molecular formula is C23H31N3O2. The molecule has 3 N–H and O–H groups in total. The molecule has 150 valence electrons. The number of para-hydroxylation sites is 2. The summed E-state index contributed by atoms with van der Waals surface area (Å²) >= 11 is 0. The zero-order chi connectivity index (χ0) is 18.9. The van der Waals surface area contributed by atoms with Gasteiger partial charge in [0.2, 0.25) is 0 Å². The van der Waals surface area contributed by atoms with E-state index in [0.717, 1.165) is 25.3 Å². The largest absolute Gasteiger partial charge is 0.489 e. The smallest absolute Gasteiger partial charge is 0.255 e. The first kappa shape index (κ1) is 20.2. The first-order valence-corrected chi connectivity index (χ1v) is 9.66. The summed E-state index contributed by atoms with van der Waals surface area (Å²) in [4.78, 5) is 14.9. The number of benzene rings is 2. The Morgan fingerprint density at radius 3 is 2.61 bits per heavy atom. The number of nitrogens with two attached hydrogens (primary N) is 1. The minimum absolute atomic E-state index is 0. The molecule has 1 amide bonds. The minimum atomic E-state index is -0.177. The fraction of sp³-hybridized carbons (Fsp3) is 0.435.